The van der Waals surface area contributed by atoms with Crippen molar-refractivity contribution in [2.45, 2.75) is 38.3 Å². The predicted octanol–water partition coefficient (Wildman–Crippen LogP) is 4.09. The van der Waals surface area contributed by atoms with E-state index in [1.54, 1.807) is 0 Å². The second kappa shape index (κ2) is 8.30. The van der Waals surface area contributed by atoms with Gasteiger partial charge in [0.05, 0.1) is 11.0 Å². The normalized spacial score (nSPS) is 14.8. The summed E-state index contributed by atoms with van der Waals surface area (Å²) in [6.07, 6.45) is 2.83. The standard InChI is InChI=1S/C17H20ClN3OS.ClH/c1-11(12-2-4-13(18)5-3-12)21(14-6-7-14)17(22)15-10-23-16(20-15)8-9-19;/h2-5,10-11,14H,6-9,19H2,1H3;1H. The number of halogens is 2. The summed E-state index contributed by atoms with van der Waals surface area (Å²) in [7, 11) is 0. The number of carbonyl (C=O) groups is 1. The predicted molar refractivity (Wildman–Crippen MR) is 101 cm³/mol. The van der Waals surface area contributed by atoms with Crippen LogP contribution in [-0.2, 0) is 6.42 Å². The zero-order chi connectivity index (χ0) is 16.4. The van der Waals surface area contributed by atoms with Crippen LogP contribution in [0.1, 0.15) is 46.9 Å². The highest BCUT2D eigenvalue weighted by Crippen LogP contribution is 2.36. The number of hydrogen-bond acceptors (Lipinski definition) is 4. The molecule has 1 fully saturated rings. The van der Waals surface area contributed by atoms with E-state index in [1.165, 1.54) is 11.3 Å². The van der Waals surface area contributed by atoms with Crippen molar-refractivity contribution in [3.8, 4) is 0 Å². The van der Waals surface area contributed by atoms with Gasteiger partial charge in [-0.15, -0.1) is 23.7 Å². The average Bonchev–Trinajstić information content (AvgIpc) is 3.26. The lowest BCUT2D eigenvalue weighted by atomic mass is 10.1. The molecule has 1 atom stereocenters. The molecule has 2 aromatic rings. The molecule has 1 aromatic carbocycles. The molecule has 7 heteroatoms. The number of thiazole rings is 1. The Bertz CT molecular complexity index is 685. The Morgan fingerprint density at radius 2 is 2.08 bits per heavy atom. The minimum absolute atomic E-state index is 0. The van der Waals surface area contributed by atoms with Gasteiger partial charge in [0.15, 0.2) is 0 Å². The van der Waals surface area contributed by atoms with Crippen LogP contribution in [0.5, 0.6) is 0 Å². The van der Waals surface area contributed by atoms with Crippen LogP contribution in [0.3, 0.4) is 0 Å². The highest BCUT2D eigenvalue weighted by atomic mass is 35.5. The van der Waals surface area contributed by atoms with Crippen molar-refractivity contribution < 1.29 is 4.79 Å². The largest absolute Gasteiger partial charge is 0.330 e. The molecule has 1 aliphatic rings. The van der Waals surface area contributed by atoms with Crippen LogP contribution in [-0.4, -0.2) is 28.4 Å². The number of rotatable bonds is 6. The van der Waals surface area contributed by atoms with Crippen LogP contribution in [0, 0.1) is 0 Å². The summed E-state index contributed by atoms with van der Waals surface area (Å²) < 4.78 is 0. The Kier molecular flexibility index (Phi) is 6.63. The average molecular weight is 386 g/mol. The molecular weight excluding hydrogens is 365 g/mol. The highest BCUT2D eigenvalue weighted by molar-refractivity contribution is 7.09. The van der Waals surface area contributed by atoms with Gasteiger partial charge in [-0.2, -0.15) is 0 Å². The van der Waals surface area contributed by atoms with Gasteiger partial charge in [0.2, 0.25) is 0 Å². The van der Waals surface area contributed by atoms with E-state index in [1.807, 2.05) is 34.5 Å². The van der Waals surface area contributed by atoms with Gasteiger partial charge in [-0.3, -0.25) is 4.79 Å². The van der Waals surface area contributed by atoms with Gasteiger partial charge in [-0.25, -0.2) is 4.98 Å². The van der Waals surface area contributed by atoms with Crippen LogP contribution in [0.4, 0.5) is 0 Å². The molecule has 1 aliphatic carbocycles. The number of hydrogen-bond donors (Lipinski definition) is 1. The first-order chi connectivity index (χ1) is 11.1. The number of nitrogens with two attached hydrogens (primary N) is 1. The second-order valence-corrected chi connectivity index (χ2v) is 7.22. The van der Waals surface area contributed by atoms with Gasteiger partial charge in [-0.1, -0.05) is 23.7 Å². The van der Waals surface area contributed by atoms with Crippen molar-refractivity contribution in [2.24, 2.45) is 5.73 Å². The zero-order valence-electron chi connectivity index (χ0n) is 13.4. The molecular formula is C17H21Cl2N3OS. The van der Waals surface area contributed by atoms with Crippen molar-refractivity contribution in [1.82, 2.24) is 9.88 Å². The zero-order valence-corrected chi connectivity index (χ0v) is 15.8. The maximum absolute atomic E-state index is 12.9. The smallest absolute Gasteiger partial charge is 0.274 e. The van der Waals surface area contributed by atoms with Crippen LogP contribution in [0.25, 0.3) is 0 Å². The first-order valence-electron chi connectivity index (χ1n) is 7.82. The number of benzene rings is 1. The van der Waals surface area contributed by atoms with E-state index in [0.29, 0.717) is 29.7 Å². The maximum Gasteiger partial charge on any atom is 0.274 e. The lowest BCUT2D eigenvalue weighted by Gasteiger charge is -2.29. The van der Waals surface area contributed by atoms with Crippen molar-refractivity contribution in [2.75, 3.05) is 6.54 Å². The minimum atomic E-state index is 0. The third kappa shape index (κ3) is 4.28. The molecule has 1 aromatic heterocycles. The molecule has 1 unspecified atom stereocenters. The van der Waals surface area contributed by atoms with Crippen molar-refractivity contribution >= 4 is 41.3 Å². The molecule has 24 heavy (non-hydrogen) atoms. The van der Waals surface area contributed by atoms with E-state index in [2.05, 4.69) is 11.9 Å². The first-order valence-corrected chi connectivity index (χ1v) is 9.08. The molecule has 1 amide bonds. The number of carbonyl (C=O) groups excluding carboxylic acids is 1. The fourth-order valence-corrected chi connectivity index (χ4v) is 3.61. The quantitative estimate of drug-likeness (QED) is 0.814. The van der Waals surface area contributed by atoms with Crippen LogP contribution in [0.15, 0.2) is 29.6 Å². The Balaban J connectivity index is 0.00000208. The van der Waals surface area contributed by atoms with E-state index in [0.717, 1.165) is 23.4 Å². The van der Waals surface area contributed by atoms with E-state index in [4.69, 9.17) is 17.3 Å². The Morgan fingerprint density at radius 1 is 1.42 bits per heavy atom. The molecule has 0 bridgehead atoms. The Morgan fingerprint density at radius 3 is 2.67 bits per heavy atom. The van der Waals surface area contributed by atoms with Gasteiger partial charge in [0.1, 0.15) is 5.69 Å². The highest BCUT2D eigenvalue weighted by Gasteiger charge is 2.37. The van der Waals surface area contributed by atoms with Gasteiger partial charge in [0, 0.05) is 22.9 Å². The van der Waals surface area contributed by atoms with Gasteiger partial charge < -0.3 is 10.6 Å². The third-order valence-corrected chi connectivity index (χ3v) is 5.23. The van der Waals surface area contributed by atoms with Gasteiger partial charge in [-0.05, 0) is 44.0 Å². The molecule has 3 rings (SSSR count). The van der Waals surface area contributed by atoms with Crippen LogP contribution >= 0.6 is 35.3 Å². The molecule has 1 heterocycles. The van der Waals surface area contributed by atoms with Crippen molar-refractivity contribution in [3.63, 3.8) is 0 Å². The van der Waals surface area contributed by atoms with E-state index < -0.39 is 0 Å². The van der Waals surface area contributed by atoms with Crippen LogP contribution < -0.4 is 5.73 Å². The van der Waals surface area contributed by atoms with E-state index in [-0.39, 0.29) is 24.4 Å². The Labute approximate surface area is 157 Å². The monoisotopic (exact) mass is 385 g/mol. The SMILES string of the molecule is CC(c1ccc(Cl)cc1)N(C(=O)c1csc(CCN)n1)C1CC1.Cl. The van der Waals surface area contributed by atoms with E-state index >= 15 is 0 Å². The minimum Gasteiger partial charge on any atom is -0.330 e. The molecule has 2 N–H and O–H groups in total. The lowest BCUT2D eigenvalue weighted by molar-refractivity contribution is 0.0668. The topological polar surface area (TPSA) is 59.2 Å². The molecule has 130 valence electrons. The lowest BCUT2D eigenvalue weighted by Crippen LogP contribution is -2.35. The molecule has 0 saturated heterocycles. The fraction of sp³-hybridized carbons (Fsp3) is 0.412. The number of nitrogens with zero attached hydrogens (tertiary/aromatic N) is 2. The molecule has 0 aliphatic heterocycles. The summed E-state index contributed by atoms with van der Waals surface area (Å²) in [4.78, 5) is 19.3. The summed E-state index contributed by atoms with van der Waals surface area (Å²) in [5, 5.41) is 3.47. The summed E-state index contributed by atoms with van der Waals surface area (Å²) in [6, 6.07) is 8.02. The summed E-state index contributed by atoms with van der Waals surface area (Å²) in [5.74, 6) is 0.00877. The number of amides is 1. The van der Waals surface area contributed by atoms with Gasteiger partial charge >= 0.3 is 0 Å². The third-order valence-electron chi connectivity index (χ3n) is 4.07. The number of aromatic nitrogens is 1. The molecule has 0 radical (unpaired) electrons. The van der Waals surface area contributed by atoms with E-state index in [9.17, 15) is 4.79 Å². The summed E-state index contributed by atoms with van der Waals surface area (Å²) in [6.45, 7) is 2.61. The first kappa shape index (κ1) is 19.2. The Hall–Kier alpha value is -1.14. The molecule has 4 nitrogen and oxygen atoms in total. The summed E-state index contributed by atoms with van der Waals surface area (Å²) >= 11 is 7.47. The van der Waals surface area contributed by atoms with Crippen LogP contribution in [0.2, 0.25) is 5.02 Å². The fourth-order valence-electron chi connectivity index (χ4n) is 2.69. The van der Waals surface area contributed by atoms with Gasteiger partial charge in [0.25, 0.3) is 5.91 Å². The van der Waals surface area contributed by atoms with Crippen molar-refractivity contribution in [3.05, 3.63) is 50.9 Å². The maximum atomic E-state index is 12.9. The summed E-state index contributed by atoms with van der Waals surface area (Å²) in [5.41, 5.74) is 7.18. The van der Waals surface area contributed by atoms with Crippen molar-refractivity contribution in [1.29, 1.82) is 0 Å². The molecule has 0 spiro atoms. The molecule has 1 saturated carbocycles. The second-order valence-electron chi connectivity index (χ2n) is 5.84.